The van der Waals surface area contributed by atoms with E-state index in [1.54, 1.807) is 42.9 Å². The fraction of sp³-hybridized carbons (Fsp3) is 0.167. The van der Waals surface area contributed by atoms with E-state index in [2.05, 4.69) is 4.99 Å². The minimum atomic E-state index is -0.428. The van der Waals surface area contributed by atoms with Crippen LogP contribution < -0.4 is 4.80 Å². The number of thiazole rings is 1. The summed E-state index contributed by atoms with van der Waals surface area (Å²) in [4.78, 5) is 30.9. The molecule has 0 spiro atoms. The number of aromatic nitrogens is 1. The first-order valence-corrected chi connectivity index (χ1v) is 8.79. The second kappa shape index (κ2) is 7.21. The van der Waals surface area contributed by atoms with Crippen molar-refractivity contribution in [3.8, 4) is 0 Å². The van der Waals surface area contributed by atoms with E-state index in [1.165, 1.54) is 16.2 Å². The first kappa shape index (κ1) is 17.4. The lowest BCUT2D eigenvalue weighted by atomic mass is 10.2. The average Bonchev–Trinajstić information content (AvgIpc) is 2.92. The van der Waals surface area contributed by atoms with Crippen LogP contribution in [0.25, 0.3) is 10.2 Å². The van der Waals surface area contributed by atoms with Crippen LogP contribution in [0.4, 0.5) is 0 Å². The zero-order chi connectivity index (χ0) is 18.0. The van der Waals surface area contributed by atoms with Crippen molar-refractivity contribution in [3.63, 3.8) is 0 Å². The van der Waals surface area contributed by atoms with Gasteiger partial charge in [-0.1, -0.05) is 47.2 Å². The molecule has 3 aromatic rings. The molecule has 2 amide bonds. The van der Waals surface area contributed by atoms with Crippen LogP contribution in [-0.2, 0) is 11.3 Å². The molecule has 7 heteroatoms. The van der Waals surface area contributed by atoms with E-state index in [0.717, 1.165) is 10.2 Å². The number of fused-ring (bicyclic) bond motifs is 1. The number of amides is 2. The molecular formula is C18H16ClN3O2S. The highest BCUT2D eigenvalue weighted by atomic mass is 35.5. The van der Waals surface area contributed by atoms with Crippen molar-refractivity contribution in [1.29, 1.82) is 0 Å². The Labute approximate surface area is 153 Å². The van der Waals surface area contributed by atoms with Crippen molar-refractivity contribution in [1.82, 2.24) is 9.47 Å². The maximum Gasteiger partial charge on any atom is 0.281 e. The number of carbonyl (C=O) groups is 2. The minimum Gasteiger partial charge on any atom is -0.347 e. The second-order valence-corrected chi connectivity index (χ2v) is 7.04. The number of hydrogen-bond donors (Lipinski definition) is 0. The van der Waals surface area contributed by atoms with Crippen LogP contribution in [0.1, 0.15) is 10.4 Å². The maximum absolute atomic E-state index is 12.5. The summed E-state index contributed by atoms with van der Waals surface area (Å²) in [6.07, 6.45) is 0. The van der Waals surface area contributed by atoms with E-state index in [9.17, 15) is 9.59 Å². The summed E-state index contributed by atoms with van der Waals surface area (Å²) in [5, 5.41) is 0.355. The third kappa shape index (κ3) is 3.65. The van der Waals surface area contributed by atoms with Crippen LogP contribution in [0.5, 0.6) is 0 Å². The van der Waals surface area contributed by atoms with Crippen molar-refractivity contribution in [2.75, 3.05) is 14.1 Å². The Morgan fingerprint density at radius 1 is 1.12 bits per heavy atom. The van der Waals surface area contributed by atoms with Crippen molar-refractivity contribution in [3.05, 3.63) is 63.9 Å². The molecule has 0 radical (unpaired) electrons. The van der Waals surface area contributed by atoms with Crippen LogP contribution in [0.2, 0.25) is 5.02 Å². The van der Waals surface area contributed by atoms with Crippen molar-refractivity contribution < 1.29 is 9.59 Å². The highest BCUT2D eigenvalue weighted by molar-refractivity contribution is 7.16. The lowest BCUT2D eigenvalue weighted by Crippen LogP contribution is -2.30. The molecular weight excluding hydrogens is 358 g/mol. The first-order valence-electron chi connectivity index (χ1n) is 7.59. The Balaban J connectivity index is 2.13. The van der Waals surface area contributed by atoms with Gasteiger partial charge in [0.25, 0.3) is 5.91 Å². The molecule has 128 valence electrons. The summed E-state index contributed by atoms with van der Waals surface area (Å²) in [6.45, 7) is 0.117. The van der Waals surface area contributed by atoms with Gasteiger partial charge < -0.3 is 9.47 Å². The summed E-state index contributed by atoms with van der Waals surface area (Å²) in [5.74, 6) is -0.501. The van der Waals surface area contributed by atoms with Crippen molar-refractivity contribution >= 4 is 45.0 Å². The van der Waals surface area contributed by atoms with Gasteiger partial charge in [0.1, 0.15) is 6.54 Å². The summed E-state index contributed by atoms with van der Waals surface area (Å²) in [5.41, 5.74) is 1.21. The molecule has 0 N–H and O–H groups in total. The number of carbonyl (C=O) groups excluding carboxylic acids is 2. The van der Waals surface area contributed by atoms with Gasteiger partial charge in [-0.05, 0) is 24.3 Å². The Morgan fingerprint density at radius 2 is 1.80 bits per heavy atom. The van der Waals surface area contributed by atoms with E-state index >= 15 is 0 Å². The third-order valence-electron chi connectivity index (χ3n) is 3.68. The lowest BCUT2D eigenvalue weighted by Gasteiger charge is -2.11. The summed E-state index contributed by atoms with van der Waals surface area (Å²) >= 11 is 7.45. The van der Waals surface area contributed by atoms with Crippen molar-refractivity contribution in [2.45, 2.75) is 6.54 Å². The number of para-hydroxylation sites is 1. The van der Waals surface area contributed by atoms with E-state index in [-0.39, 0.29) is 12.5 Å². The molecule has 0 bridgehead atoms. The van der Waals surface area contributed by atoms with Gasteiger partial charge in [-0.25, -0.2) is 0 Å². The molecule has 1 aromatic heterocycles. The van der Waals surface area contributed by atoms with E-state index in [4.69, 9.17) is 11.6 Å². The smallest absolute Gasteiger partial charge is 0.281 e. The van der Waals surface area contributed by atoms with Crippen LogP contribution in [0, 0.1) is 0 Å². The molecule has 0 aliphatic rings. The van der Waals surface area contributed by atoms with Gasteiger partial charge in [-0.15, -0.1) is 0 Å². The minimum absolute atomic E-state index is 0.0739. The predicted molar refractivity (Wildman–Crippen MR) is 99.9 cm³/mol. The van der Waals surface area contributed by atoms with E-state index in [0.29, 0.717) is 15.4 Å². The van der Waals surface area contributed by atoms with E-state index < -0.39 is 5.91 Å². The monoisotopic (exact) mass is 373 g/mol. The number of hydrogen-bond acceptors (Lipinski definition) is 3. The second-order valence-electron chi connectivity index (χ2n) is 5.62. The summed E-state index contributed by atoms with van der Waals surface area (Å²) < 4.78 is 2.72. The SMILES string of the molecule is CN(C)C(=O)Cn1c(=NC(=O)c2ccccc2Cl)sc2ccccc21. The number of benzene rings is 2. The Bertz CT molecular complexity index is 1020. The van der Waals surface area contributed by atoms with Crippen LogP contribution in [0.15, 0.2) is 53.5 Å². The lowest BCUT2D eigenvalue weighted by molar-refractivity contribution is -0.129. The topological polar surface area (TPSA) is 54.7 Å². The standard InChI is InChI=1S/C18H16ClN3O2S/c1-21(2)16(23)11-22-14-9-5-6-10-15(14)25-18(22)20-17(24)12-7-3-4-8-13(12)19/h3-10H,11H2,1-2H3. The fourth-order valence-electron chi connectivity index (χ4n) is 2.32. The highest BCUT2D eigenvalue weighted by Gasteiger charge is 2.14. The molecule has 0 saturated carbocycles. The predicted octanol–water partition coefficient (Wildman–Crippen LogP) is 3.19. The zero-order valence-electron chi connectivity index (χ0n) is 13.8. The molecule has 0 atom stereocenters. The van der Waals surface area contributed by atoms with Gasteiger partial charge in [-0.3, -0.25) is 9.59 Å². The Morgan fingerprint density at radius 3 is 2.52 bits per heavy atom. The van der Waals surface area contributed by atoms with Crippen LogP contribution in [0.3, 0.4) is 0 Å². The molecule has 0 aliphatic carbocycles. The fourth-order valence-corrected chi connectivity index (χ4v) is 3.56. The molecule has 0 aliphatic heterocycles. The van der Waals surface area contributed by atoms with Gasteiger partial charge in [0.05, 0.1) is 20.8 Å². The normalized spacial score (nSPS) is 11.7. The molecule has 1 heterocycles. The van der Waals surface area contributed by atoms with Gasteiger partial charge in [-0.2, -0.15) is 4.99 Å². The largest absolute Gasteiger partial charge is 0.347 e. The summed E-state index contributed by atoms with van der Waals surface area (Å²) in [6, 6.07) is 14.4. The maximum atomic E-state index is 12.5. The number of likely N-dealkylation sites (N-methyl/N-ethyl adjacent to an activating group) is 1. The van der Waals surface area contributed by atoms with E-state index in [1.807, 2.05) is 24.3 Å². The molecule has 25 heavy (non-hydrogen) atoms. The third-order valence-corrected chi connectivity index (χ3v) is 5.07. The molecule has 0 fully saturated rings. The highest BCUT2D eigenvalue weighted by Crippen LogP contribution is 2.18. The first-order chi connectivity index (χ1) is 12.0. The molecule has 3 rings (SSSR count). The number of nitrogens with zero attached hydrogens (tertiary/aromatic N) is 3. The van der Waals surface area contributed by atoms with Gasteiger partial charge in [0.15, 0.2) is 4.80 Å². The Hall–Kier alpha value is -2.44. The molecule has 5 nitrogen and oxygen atoms in total. The number of halogens is 1. The average molecular weight is 374 g/mol. The summed E-state index contributed by atoms with van der Waals surface area (Å²) in [7, 11) is 3.40. The Kier molecular flexibility index (Phi) is 5.01. The number of rotatable bonds is 3. The molecule has 2 aromatic carbocycles. The molecule has 0 unspecified atom stereocenters. The van der Waals surface area contributed by atoms with Crippen LogP contribution >= 0.6 is 22.9 Å². The molecule has 0 saturated heterocycles. The van der Waals surface area contributed by atoms with Crippen LogP contribution in [-0.4, -0.2) is 35.4 Å². The zero-order valence-corrected chi connectivity index (χ0v) is 15.3. The van der Waals surface area contributed by atoms with Gasteiger partial charge >= 0.3 is 0 Å². The van der Waals surface area contributed by atoms with Gasteiger partial charge in [0, 0.05) is 14.1 Å². The quantitative estimate of drug-likeness (QED) is 0.708. The van der Waals surface area contributed by atoms with Gasteiger partial charge in [0.2, 0.25) is 5.91 Å². The van der Waals surface area contributed by atoms with Crippen molar-refractivity contribution in [2.24, 2.45) is 4.99 Å².